The van der Waals surface area contributed by atoms with Crippen molar-refractivity contribution in [2.24, 2.45) is 0 Å². The third-order valence-corrected chi connectivity index (χ3v) is 6.14. The molecule has 0 bridgehead atoms. The van der Waals surface area contributed by atoms with Crippen molar-refractivity contribution in [1.29, 1.82) is 0 Å². The fourth-order valence-corrected chi connectivity index (χ4v) is 4.64. The van der Waals surface area contributed by atoms with Gasteiger partial charge in [0.1, 0.15) is 12.7 Å². The zero-order chi connectivity index (χ0) is 20.0. The van der Waals surface area contributed by atoms with Gasteiger partial charge in [-0.05, 0) is 56.0 Å². The van der Waals surface area contributed by atoms with Crippen LogP contribution in [0, 0.1) is 13.8 Å². The molecular weight excluding hydrogens is 366 g/mol. The highest BCUT2D eigenvalue weighted by molar-refractivity contribution is 5.76. The Bertz CT molecular complexity index is 1090. The molecule has 0 saturated carbocycles. The fraction of sp³-hybridized carbons (Fsp3) is 0.435. The first-order chi connectivity index (χ1) is 14.1. The summed E-state index contributed by atoms with van der Waals surface area (Å²) in [5, 5.41) is 0. The average Bonchev–Trinajstić information content (AvgIpc) is 3.03. The van der Waals surface area contributed by atoms with Crippen LogP contribution in [0.5, 0.6) is 11.5 Å². The van der Waals surface area contributed by atoms with E-state index >= 15 is 0 Å². The quantitative estimate of drug-likeness (QED) is 0.741. The van der Waals surface area contributed by atoms with Gasteiger partial charge in [0, 0.05) is 25.7 Å². The van der Waals surface area contributed by atoms with Gasteiger partial charge in [0.25, 0.3) is 0 Å². The molecule has 0 amide bonds. The first kappa shape index (κ1) is 18.3. The molecule has 6 nitrogen and oxygen atoms in total. The van der Waals surface area contributed by atoms with Gasteiger partial charge < -0.3 is 14.5 Å². The Morgan fingerprint density at radius 2 is 1.97 bits per heavy atom. The first-order valence-corrected chi connectivity index (χ1v) is 10.4. The maximum absolute atomic E-state index is 12.5. The van der Waals surface area contributed by atoms with Crippen molar-refractivity contribution in [3.05, 3.63) is 58.0 Å². The maximum atomic E-state index is 12.5. The van der Waals surface area contributed by atoms with Gasteiger partial charge in [-0.3, -0.25) is 9.47 Å². The van der Waals surface area contributed by atoms with E-state index in [0.29, 0.717) is 6.61 Å². The third kappa shape index (κ3) is 3.42. The number of para-hydroxylation sites is 1. The average molecular weight is 393 g/mol. The van der Waals surface area contributed by atoms with E-state index in [0.717, 1.165) is 66.1 Å². The number of benzene rings is 2. The molecule has 1 unspecified atom stereocenters. The van der Waals surface area contributed by atoms with Gasteiger partial charge in [-0.2, -0.15) is 0 Å². The van der Waals surface area contributed by atoms with Crippen LogP contribution in [0.1, 0.15) is 30.0 Å². The number of aromatic amines is 1. The highest BCUT2D eigenvalue weighted by Gasteiger charge is 2.28. The minimum absolute atomic E-state index is 0.0000377. The van der Waals surface area contributed by atoms with Gasteiger partial charge in [0.15, 0.2) is 11.5 Å². The summed E-state index contributed by atoms with van der Waals surface area (Å²) in [5.41, 5.74) is 4.21. The molecule has 0 spiro atoms. The molecule has 1 saturated heterocycles. The molecule has 1 N–H and O–H groups in total. The summed E-state index contributed by atoms with van der Waals surface area (Å²) < 4.78 is 14.1. The molecule has 3 heterocycles. The van der Waals surface area contributed by atoms with E-state index in [-0.39, 0.29) is 17.8 Å². The predicted molar refractivity (Wildman–Crippen MR) is 113 cm³/mol. The zero-order valence-corrected chi connectivity index (χ0v) is 17.0. The summed E-state index contributed by atoms with van der Waals surface area (Å²) in [6, 6.07) is 12.4. The molecular formula is C23H27N3O3. The van der Waals surface area contributed by atoms with Crippen LogP contribution >= 0.6 is 0 Å². The Labute approximate surface area is 170 Å². The van der Waals surface area contributed by atoms with Gasteiger partial charge in [0.05, 0.1) is 11.0 Å². The number of hydrogen-bond donors (Lipinski definition) is 1. The molecule has 3 aromatic rings. The van der Waals surface area contributed by atoms with E-state index in [1.807, 2.05) is 42.7 Å². The van der Waals surface area contributed by atoms with Crippen LogP contribution in [0.25, 0.3) is 11.0 Å². The number of likely N-dealkylation sites (tertiary alicyclic amines) is 1. The monoisotopic (exact) mass is 393 g/mol. The van der Waals surface area contributed by atoms with Crippen LogP contribution in [0.15, 0.2) is 41.2 Å². The van der Waals surface area contributed by atoms with Crippen LogP contribution in [-0.4, -0.2) is 46.8 Å². The van der Waals surface area contributed by atoms with E-state index in [1.165, 1.54) is 0 Å². The predicted octanol–water partition coefficient (Wildman–Crippen LogP) is 3.42. The number of H-pyrrole nitrogens is 1. The van der Waals surface area contributed by atoms with Crippen molar-refractivity contribution in [3.8, 4) is 11.5 Å². The third-order valence-electron chi connectivity index (χ3n) is 6.14. The number of aryl methyl sites for hydroxylation is 2. The van der Waals surface area contributed by atoms with Gasteiger partial charge in [0.2, 0.25) is 0 Å². The molecule has 1 fully saturated rings. The lowest BCUT2D eigenvalue weighted by molar-refractivity contribution is 0.0481. The number of piperidine rings is 1. The summed E-state index contributed by atoms with van der Waals surface area (Å²) >= 11 is 0. The fourth-order valence-electron chi connectivity index (χ4n) is 4.64. The van der Waals surface area contributed by atoms with Crippen LogP contribution in [-0.2, 0) is 0 Å². The van der Waals surface area contributed by atoms with Crippen LogP contribution in [0.3, 0.4) is 0 Å². The topological polar surface area (TPSA) is 59.5 Å². The molecule has 1 aromatic heterocycles. The highest BCUT2D eigenvalue weighted by atomic mass is 16.6. The van der Waals surface area contributed by atoms with Gasteiger partial charge in [-0.1, -0.05) is 18.2 Å². The Kier molecular flexibility index (Phi) is 4.59. The number of imidazole rings is 1. The molecule has 6 heteroatoms. The second-order valence-corrected chi connectivity index (χ2v) is 8.31. The van der Waals surface area contributed by atoms with Crippen LogP contribution in [0.2, 0.25) is 0 Å². The van der Waals surface area contributed by atoms with Crippen molar-refractivity contribution in [3.63, 3.8) is 0 Å². The number of aromatic nitrogens is 2. The summed E-state index contributed by atoms with van der Waals surface area (Å²) in [5.74, 6) is 1.72. The summed E-state index contributed by atoms with van der Waals surface area (Å²) in [7, 11) is 0. The molecule has 0 radical (unpaired) electrons. The minimum atomic E-state index is 0.0000377. The maximum Gasteiger partial charge on any atom is 0.326 e. The van der Waals surface area contributed by atoms with E-state index in [2.05, 4.69) is 22.0 Å². The Balaban J connectivity index is 1.24. The van der Waals surface area contributed by atoms with Crippen molar-refractivity contribution in [2.75, 3.05) is 26.2 Å². The van der Waals surface area contributed by atoms with Crippen molar-refractivity contribution in [1.82, 2.24) is 14.5 Å². The van der Waals surface area contributed by atoms with Gasteiger partial charge in [-0.15, -0.1) is 0 Å². The smallest absolute Gasteiger partial charge is 0.326 e. The lowest BCUT2D eigenvalue weighted by Crippen LogP contribution is -2.45. The number of hydrogen-bond acceptors (Lipinski definition) is 4. The Morgan fingerprint density at radius 3 is 2.79 bits per heavy atom. The van der Waals surface area contributed by atoms with E-state index in [1.54, 1.807) is 0 Å². The van der Waals surface area contributed by atoms with E-state index < -0.39 is 0 Å². The molecule has 29 heavy (non-hydrogen) atoms. The standard InChI is InChI=1S/C23H27N3O3/c1-15-6-7-20-19(12-15)24-23(27)26(20)17-8-10-25(11-9-17)13-18-14-28-22-16(2)4-3-5-21(22)29-18/h3-7,12,17-18H,8-11,13-14H2,1-2H3,(H,24,27). The van der Waals surface area contributed by atoms with E-state index in [4.69, 9.17) is 9.47 Å². The number of fused-ring (bicyclic) bond motifs is 2. The number of ether oxygens (including phenoxy) is 2. The summed E-state index contributed by atoms with van der Waals surface area (Å²) in [6.45, 7) is 7.43. The number of nitrogens with one attached hydrogen (secondary N) is 1. The molecule has 5 rings (SSSR count). The molecule has 2 aliphatic rings. The second-order valence-electron chi connectivity index (χ2n) is 8.31. The summed E-state index contributed by atoms with van der Waals surface area (Å²) in [4.78, 5) is 18.0. The molecule has 152 valence electrons. The number of nitrogens with zero attached hydrogens (tertiary/aromatic N) is 2. The molecule has 1 atom stereocenters. The van der Waals surface area contributed by atoms with Gasteiger partial charge >= 0.3 is 5.69 Å². The highest BCUT2D eigenvalue weighted by Crippen LogP contribution is 2.35. The van der Waals surface area contributed by atoms with Gasteiger partial charge in [-0.25, -0.2) is 4.79 Å². The van der Waals surface area contributed by atoms with Crippen molar-refractivity contribution in [2.45, 2.75) is 38.8 Å². The lowest BCUT2D eigenvalue weighted by atomic mass is 10.0. The van der Waals surface area contributed by atoms with Crippen LogP contribution in [0.4, 0.5) is 0 Å². The molecule has 0 aliphatic carbocycles. The molecule has 2 aromatic carbocycles. The van der Waals surface area contributed by atoms with Crippen molar-refractivity contribution < 1.29 is 9.47 Å². The SMILES string of the molecule is Cc1ccc2c(c1)[nH]c(=O)n2C1CCN(CC2COc3c(C)cccc3O2)CC1. The van der Waals surface area contributed by atoms with Crippen LogP contribution < -0.4 is 15.2 Å². The first-order valence-electron chi connectivity index (χ1n) is 10.4. The molecule has 2 aliphatic heterocycles. The van der Waals surface area contributed by atoms with E-state index in [9.17, 15) is 4.79 Å². The normalized spacial score (nSPS) is 20.3. The lowest BCUT2D eigenvalue weighted by Gasteiger charge is -2.36. The zero-order valence-electron chi connectivity index (χ0n) is 17.0. The largest absolute Gasteiger partial charge is 0.486 e. The Morgan fingerprint density at radius 1 is 1.14 bits per heavy atom. The Hall–Kier alpha value is -2.73. The second kappa shape index (κ2) is 7.26. The number of rotatable bonds is 3. The minimum Gasteiger partial charge on any atom is -0.486 e. The summed E-state index contributed by atoms with van der Waals surface area (Å²) in [6.07, 6.45) is 1.97. The van der Waals surface area contributed by atoms with Crippen molar-refractivity contribution >= 4 is 11.0 Å².